The van der Waals surface area contributed by atoms with Gasteiger partial charge in [-0.2, -0.15) is 0 Å². The van der Waals surface area contributed by atoms with Crippen LogP contribution in [0.2, 0.25) is 0 Å². The van der Waals surface area contributed by atoms with Crippen molar-refractivity contribution < 1.29 is 0 Å². The Hall–Kier alpha value is 0.0900. The van der Waals surface area contributed by atoms with Crippen molar-refractivity contribution in [2.75, 3.05) is 0 Å². The Kier molecular flexibility index (Phi) is 4.81. The number of hydrogen-bond acceptors (Lipinski definition) is 2. The van der Waals surface area contributed by atoms with E-state index in [9.17, 15) is 0 Å². The fourth-order valence-electron chi connectivity index (χ4n) is 1.41. The molecule has 0 radical (unpaired) electrons. The van der Waals surface area contributed by atoms with Crippen LogP contribution in [-0.4, -0.2) is 0 Å². The quantitative estimate of drug-likeness (QED) is 0.740. The minimum atomic E-state index is 0.898. The van der Waals surface area contributed by atoms with Gasteiger partial charge in [0.15, 0.2) is 0 Å². The van der Waals surface area contributed by atoms with E-state index in [1.807, 2.05) is 0 Å². The predicted molar refractivity (Wildman–Crippen MR) is 81.7 cm³/mol. The molecule has 0 saturated carbocycles. The van der Waals surface area contributed by atoms with Crippen LogP contribution >= 0.6 is 49.9 Å². The lowest BCUT2D eigenvalue weighted by molar-refractivity contribution is 0.699. The average molecular weight is 408 g/mol. The van der Waals surface area contributed by atoms with Gasteiger partial charge >= 0.3 is 0 Å². The van der Waals surface area contributed by atoms with Crippen molar-refractivity contribution in [3.63, 3.8) is 0 Å². The molecule has 1 aromatic heterocycles. The minimum Gasteiger partial charge on any atom is -0.308 e. The lowest BCUT2D eigenvalue weighted by atomic mass is 10.2. The molecule has 0 spiro atoms. The van der Waals surface area contributed by atoms with Crippen LogP contribution in [0.15, 0.2) is 40.2 Å². The smallest absolute Gasteiger partial charge is 0.0302 e. The van der Waals surface area contributed by atoms with E-state index in [0.717, 1.165) is 13.1 Å². The Morgan fingerprint density at radius 3 is 2.88 bits per heavy atom. The van der Waals surface area contributed by atoms with E-state index in [2.05, 4.69) is 79.5 Å². The molecule has 2 rings (SSSR count). The maximum Gasteiger partial charge on any atom is 0.0302 e. The molecule has 16 heavy (non-hydrogen) atoms. The van der Waals surface area contributed by atoms with Gasteiger partial charge in [-0.3, -0.25) is 0 Å². The third kappa shape index (κ3) is 3.55. The number of thiophene rings is 1. The molecule has 1 nitrogen and oxygen atoms in total. The molecule has 0 aliphatic carbocycles. The van der Waals surface area contributed by atoms with Crippen LogP contribution in [-0.2, 0) is 13.1 Å². The summed E-state index contributed by atoms with van der Waals surface area (Å²) in [5, 5.41) is 5.56. The average Bonchev–Trinajstić information content (AvgIpc) is 2.76. The molecular formula is C12H11BrINS. The molecule has 0 unspecified atom stereocenters. The maximum atomic E-state index is 3.57. The van der Waals surface area contributed by atoms with Gasteiger partial charge in [0.05, 0.1) is 0 Å². The van der Waals surface area contributed by atoms with Crippen LogP contribution < -0.4 is 5.32 Å². The first-order chi connectivity index (χ1) is 7.75. The van der Waals surface area contributed by atoms with Crippen LogP contribution in [0.1, 0.15) is 10.4 Å². The van der Waals surface area contributed by atoms with Gasteiger partial charge in [-0.15, -0.1) is 11.3 Å². The van der Waals surface area contributed by atoms with Gasteiger partial charge in [-0.25, -0.2) is 0 Å². The molecule has 84 valence electrons. The van der Waals surface area contributed by atoms with Crippen molar-refractivity contribution in [1.29, 1.82) is 0 Å². The first-order valence-electron chi connectivity index (χ1n) is 4.93. The summed E-state index contributed by atoms with van der Waals surface area (Å²) >= 11 is 7.70. The molecule has 1 N–H and O–H groups in total. The highest BCUT2D eigenvalue weighted by Crippen LogP contribution is 2.19. The normalized spacial score (nSPS) is 10.6. The molecule has 2 aromatic rings. The van der Waals surface area contributed by atoms with E-state index < -0.39 is 0 Å². The summed E-state index contributed by atoms with van der Waals surface area (Å²) in [5.74, 6) is 0. The zero-order valence-electron chi connectivity index (χ0n) is 8.54. The third-order valence-electron chi connectivity index (χ3n) is 2.20. The Morgan fingerprint density at radius 1 is 1.25 bits per heavy atom. The van der Waals surface area contributed by atoms with E-state index in [1.165, 1.54) is 18.5 Å². The number of rotatable bonds is 4. The van der Waals surface area contributed by atoms with Gasteiger partial charge in [0.25, 0.3) is 0 Å². The Morgan fingerprint density at radius 2 is 2.12 bits per heavy atom. The minimum absolute atomic E-state index is 0.898. The summed E-state index contributed by atoms with van der Waals surface area (Å²) in [7, 11) is 0. The molecule has 0 aliphatic heterocycles. The highest BCUT2D eigenvalue weighted by molar-refractivity contribution is 14.1. The van der Waals surface area contributed by atoms with E-state index in [1.54, 1.807) is 11.3 Å². The lowest BCUT2D eigenvalue weighted by Crippen LogP contribution is -2.12. The largest absolute Gasteiger partial charge is 0.308 e. The number of hydrogen-bond donors (Lipinski definition) is 1. The summed E-state index contributed by atoms with van der Waals surface area (Å²) in [6.45, 7) is 1.84. The SMILES string of the molecule is Brc1ccc(I)cc1CNCc1cccs1. The van der Waals surface area contributed by atoms with E-state index in [4.69, 9.17) is 0 Å². The predicted octanol–water partition coefficient (Wildman–Crippen LogP) is 4.41. The summed E-state index contributed by atoms with van der Waals surface area (Å²) in [6.07, 6.45) is 0. The monoisotopic (exact) mass is 407 g/mol. The summed E-state index contributed by atoms with van der Waals surface area (Å²) in [6, 6.07) is 10.6. The van der Waals surface area contributed by atoms with E-state index >= 15 is 0 Å². The van der Waals surface area contributed by atoms with Crippen LogP contribution in [0, 0.1) is 3.57 Å². The summed E-state index contributed by atoms with van der Waals surface area (Å²) in [4.78, 5) is 1.38. The van der Waals surface area contributed by atoms with Crippen LogP contribution in [0.3, 0.4) is 0 Å². The van der Waals surface area contributed by atoms with Gasteiger partial charge < -0.3 is 5.32 Å². The molecule has 0 amide bonds. The molecule has 0 aliphatic rings. The van der Waals surface area contributed by atoms with Crippen molar-refractivity contribution in [2.24, 2.45) is 0 Å². The molecule has 0 fully saturated rings. The van der Waals surface area contributed by atoms with Crippen molar-refractivity contribution in [3.05, 3.63) is 54.2 Å². The maximum absolute atomic E-state index is 3.57. The van der Waals surface area contributed by atoms with Gasteiger partial charge in [0.2, 0.25) is 0 Å². The molecule has 4 heteroatoms. The fraction of sp³-hybridized carbons (Fsp3) is 0.167. The Labute approximate surface area is 122 Å². The van der Waals surface area contributed by atoms with Crippen molar-refractivity contribution in [2.45, 2.75) is 13.1 Å². The first kappa shape index (κ1) is 12.5. The van der Waals surface area contributed by atoms with Crippen molar-refractivity contribution in [3.8, 4) is 0 Å². The van der Waals surface area contributed by atoms with Crippen molar-refractivity contribution in [1.82, 2.24) is 5.32 Å². The van der Waals surface area contributed by atoms with Gasteiger partial charge in [0.1, 0.15) is 0 Å². The number of nitrogens with one attached hydrogen (secondary N) is 1. The molecule has 1 aromatic carbocycles. The summed E-state index contributed by atoms with van der Waals surface area (Å²) in [5.41, 5.74) is 1.31. The molecule has 1 heterocycles. The number of benzene rings is 1. The molecular weight excluding hydrogens is 397 g/mol. The van der Waals surface area contributed by atoms with E-state index in [0.29, 0.717) is 0 Å². The molecule has 0 atom stereocenters. The van der Waals surface area contributed by atoms with Gasteiger partial charge in [0, 0.05) is 26.0 Å². The second-order valence-electron chi connectivity index (χ2n) is 3.42. The highest BCUT2D eigenvalue weighted by Gasteiger charge is 2.00. The van der Waals surface area contributed by atoms with E-state index in [-0.39, 0.29) is 0 Å². The number of halogens is 2. The molecule has 0 saturated heterocycles. The molecule has 0 bridgehead atoms. The highest BCUT2D eigenvalue weighted by atomic mass is 127. The Balaban J connectivity index is 1.92. The topological polar surface area (TPSA) is 12.0 Å². The van der Waals surface area contributed by atoms with Gasteiger partial charge in [-0.05, 0) is 57.8 Å². The fourth-order valence-corrected chi connectivity index (χ4v) is 3.03. The van der Waals surface area contributed by atoms with Gasteiger partial charge in [-0.1, -0.05) is 22.0 Å². The zero-order chi connectivity index (χ0) is 11.4. The van der Waals surface area contributed by atoms with Crippen LogP contribution in [0.4, 0.5) is 0 Å². The third-order valence-corrected chi connectivity index (χ3v) is 4.52. The standard InChI is InChI=1S/C12H11BrINS/c13-12-4-3-10(14)6-9(12)7-15-8-11-2-1-5-16-11/h1-6,15H,7-8H2. The Bertz CT molecular complexity index is 456. The lowest BCUT2D eigenvalue weighted by Gasteiger charge is -2.06. The second kappa shape index (κ2) is 6.14. The second-order valence-corrected chi connectivity index (χ2v) is 6.55. The zero-order valence-corrected chi connectivity index (χ0v) is 13.1. The van der Waals surface area contributed by atoms with Crippen molar-refractivity contribution >= 4 is 49.9 Å². The summed E-state index contributed by atoms with van der Waals surface area (Å²) < 4.78 is 2.44. The van der Waals surface area contributed by atoms with Crippen LogP contribution in [0.5, 0.6) is 0 Å². The van der Waals surface area contributed by atoms with Crippen LogP contribution in [0.25, 0.3) is 0 Å². The first-order valence-corrected chi connectivity index (χ1v) is 7.68.